The van der Waals surface area contributed by atoms with Crippen molar-refractivity contribution in [1.82, 2.24) is 26.3 Å². The van der Waals surface area contributed by atoms with Gasteiger partial charge in [-0.2, -0.15) is 0 Å². The molecule has 4 atom stereocenters. The van der Waals surface area contributed by atoms with E-state index in [0.717, 1.165) is 27.8 Å². The van der Waals surface area contributed by atoms with Crippen LogP contribution in [0.5, 0.6) is 5.75 Å². The van der Waals surface area contributed by atoms with Crippen molar-refractivity contribution in [2.24, 2.45) is 0 Å². The molecule has 12 nitrogen and oxygen atoms in total. The molecule has 0 spiro atoms. The number of carboxylic acids is 1. The van der Waals surface area contributed by atoms with Crippen LogP contribution in [0.15, 0.2) is 115 Å². The SMILES string of the molecule is Cc1ccc(OCC(=O)N[C@@H](CC2CC=CS2)C(=O)N[C@@H](Cc2ccc(-c3ccncc3)cc2)C(=O)N[C@@H](Cc2ccccc2)C(=O)NCC(=O)O)cc1. The number of nitrogens with one attached hydrogen (secondary N) is 4. The Hall–Kier alpha value is -5.95. The lowest BCUT2D eigenvalue weighted by molar-refractivity contribution is -0.138. The molecule has 0 saturated carbocycles. The van der Waals surface area contributed by atoms with Crippen LogP contribution >= 0.6 is 11.8 Å². The number of nitrogens with zero attached hydrogens (tertiary/aromatic N) is 1. The zero-order valence-electron chi connectivity index (χ0n) is 29.8. The molecule has 0 saturated heterocycles. The van der Waals surface area contributed by atoms with E-state index in [1.165, 1.54) is 0 Å². The maximum Gasteiger partial charge on any atom is 0.322 e. The molecule has 54 heavy (non-hydrogen) atoms. The van der Waals surface area contributed by atoms with Gasteiger partial charge in [0.05, 0.1) is 0 Å². The van der Waals surface area contributed by atoms with Crippen LogP contribution in [-0.4, -0.2) is 76.2 Å². The van der Waals surface area contributed by atoms with Gasteiger partial charge < -0.3 is 31.1 Å². The number of hydrogen-bond acceptors (Lipinski definition) is 8. The maximum atomic E-state index is 14.1. The predicted molar refractivity (Wildman–Crippen MR) is 206 cm³/mol. The van der Waals surface area contributed by atoms with Crippen LogP contribution in [0.2, 0.25) is 0 Å². The van der Waals surface area contributed by atoms with Gasteiger partial charge in [-0.3, -0.25) is 29.0 Å². The number of rotatable bonds is 18. The summed E-state index contributed by atoms with van der Waals surface area (Å²) in [5.41, 5.74) is 4.40. The Labute approximate surface area is 318 Å². The summed E-state index contributed by atoms with van der Waals surface area (Å²) in [5.74, 6) is -3.14. The van der Waals surface area contributed by atoms with E-state index in [1.807, 2.05) is 73.0 Å². The average Bonchev–Trinajstić information content (AvgIpc) is 3.70. The quantitative estimate of drug-likeness (QED) is 0.101. The normalized spacial score (nSPS) is 14.9. The second-order valence-corrected chi connectivity index (χ2v) is 14.1. The monoisotopic (exact) mass is 749 g/mol. The Balaban J connectivity index is 1.36. The third-order valence-corrected chi connectivity index (χ3v) is 9.80. The molecule has 13 heteroatoms. The van der Waals surface area contributed by atoms with E-state index in [1.54, 1.807) is 60.6 Å². The Morgan fingerprint density at radius 3 is 2.00 bits per heavy atom. The molecule has 4 aromatic rings. The first-order valence-corrected chi connectivity index (χ1v) is 18.5. The smallest absolute Gasteiger partial charge is 0.322 e. The molecule has 0 aliphatic carbocycles. The third kappa shape index (κ3) is 12.3. The zero-order chi connectivity index (χ0) is 38.3. The number of ether oxygens (including phenoxy) is 1. The molecular formula is C41H43N5O7S. The zero-order valence-corrected chi connectivity index (χ0v) is 30.6. The molecule has 0 bridgehead atoms. The lowest BCUT2D eigenvalue weighted by Gasteiger charge is -2.26. The molecule has 1 aliphatic heterocycles. The van der Waals surface area contributed by atoms with Gasteiger partial charge in [-0.05, 0) is 71.7 Å². The van der Waals surface area contributed by atoms with Crippen molar-refractivity contribution in [3.05, 3.63) is 132 Å². The Bertz CT molecular complexity index is 1900. The predicted octanol–water partition coefficient (Wildman–Crippen LogP) is 3.99. The summed E-state index contributed by atoms with van der Waals surface area (Å²) in [6.45, 7) is 0.995. The van der Waals surface area contributed by atoms with Gasteiger partial charge in [0.2, 0.25) is 17.7 Å². The van der Waals surface area contributed by atoms with Gasteiger partial charge in [0.1, 0.15) is 30.4 Å². The van der Waals surface area contributed by atoms with Gasteiger partial charge in [-0.15, -0.1) is 11.8 Å². The number of carboxylic acid groups (broad SMARTS) is 1. The molecular weight excluding hydrogens is 707 g/mol. The lowest BCUT2D eigenvalue weighted by Crippen LogP contribution is -2.58. The average molecular weight is 750 g/mol. The fourth-order valence-corrected chi connectivity index (χ4v) is 6.78. The van der Waals surface area contributed by atoms with Gasteiger partial charge in [0.25, 0.3) is 5.91 Å². The van der Waals surface area contributed by atoms with E-state index >= 15 is 0 Å². The van der Waals surface area contributed by atoms with E-state index in [0.29, 0.717) is 18.6 Å². The number of pyridine rings is 1. The number of benzene rings is 3. The summed E-state index contributed by atoms with van der Waals surface area (Å²) >= 11 is 1.56. The Morgan fingerprint density at radius 2 is 1.37 bits per heavy atom. The van der Waals surface area contributed by atoms with Crippen molar-refractivity contribution < 1.29 is 33.8 Å². The highest BCUT2D eigenvalue weighted by Gasteiger charge is 2.32. The summed E-state index contributed by atoms with van der Waals surface area (Å²) in [6, 6.07) is 24.2. The van der Waals surface area contributed by atoms with Gasteiger partial charge >= 0.3 is 5.97 Å². The Kier molecular flexibility index (Phi) is 14.4. The largest absolute Gasteiger partial charge is 0.484 e. The van der Waals surface area contributed by atoms with Gasteiger partial charge in [0, 0.05) is 30.5 Å². The minimum absolute atomic E-state index is 0.0280. The summed E-state index contributed by atoms with van der Waals surface area (Å²) in [4.78, 5) is 69.9. The van der Waals surface area contributed by atoms with Crippen molar-refractivity contribution in [3.63, 3.8) is 0 Å². The van der Waals surface area contributed by atoms with E-state index in [9.17, 15) is 29.1 Å². The number of carbonyl (C=O) groups excluding carboxylic acids is 4. The molecule has 1 aliphatic rings. The highest BCUT2D eigenvalue weighted by atomic mass is 32.2. The van der Waals surface area contributed by atoms with Crippen molar-refractivity contribution in [2.75, 3.05) is 13.2 Å². The fraction of sp³-hybridized carbons (Fsp3) is 0.268. The topological polar surface area (TPSA) is 176 Å². The number of carbonyl (C=O) groups is 5. The molecule has 1 unspecified atom stereocenters. The van der Waals surface area contributed by atoms with E-state index < -0.39 is 54.3 Å². The number of aliphatic carboxylic acids is 1. The van der Waals surface area contributed by atoms with Crippen molar-refractivity contribution >= 4 is 41.4 Å². The molecule has 3 aromatic carbocycles. The number of aryl methyl sites for hydroxylation is 1. The summed E-state index contributed by atoms with van der Waals surface area (Å²) < 4.78 is 5.66. The van der Waals surface area contributed by atoms with Crippen molar-refractivity contribution in [2.45, 2.75) is 56.0 Å². The highest BCUT2D eigenvalue weighted by Crippen LogP contribution is 2.28. The number of aromatic nitrogens is 1. The highest BCUT2D eigenvalue weighted by molar-refractivity contribution is 8.03. The molecule has 0 radical (unpaired) electrons. The standard InChI is InChI=1S/C41H43N5O7S/c1-27-9-15-32(16-10-27)53-26-37(47)44-36(24-33-8-5-21-54-33)41(52)46-35(23-29-11-13-30(14-12-29)31-17-19-42-20-18-31)40(51)45-34(39(50)43-25-38(48)49)22-28-6-3-2-4-7-28/h2-7,9-21,33-36H,8,22-26H2,1H3,(H,43,50)(H,44,47)(H,45,51)(H,46,52)(H,48,49)/t33?,34-,35-,36-/m0/s1. The first-order chi connectivity index (χ1) is 26.1. The number of hydrogen-bond donors (Lipinski definition) is 5. The first-order valence-electron chi connectivity index (χ1n) is 17.6. The molecule has 2 heterocycles. The van der Waals surface area contributed by atoms with E-state index in [4.69, 9.17) is 4.74 Å². The first kappa shape index (κ1) is 39.3. The van der Waals surface area contributed by atoms with Crippen LogP contribution in [0, 0.1) is 6.92 Å². The van der Waals surface area contributed by atoms with E-state index in [-0.39, 0.29) is 24.7 Å². The van der Waals surface area contributed by atoms with Crippen LogP contribution < -0.4 is 26.0 Å². The number of amides is 4. The van der Waals surface area contributed by atoms with Crippen LogP contribution in [0.1, 0.15) is 29.5 Å². The maximum absolute atomic E-state index is 14.1. The molecule has 0 fully saturated rings. The number of allylic oxidation sites excluding steroid dienone is 1. The second kappa shape index (κ2) is 19.8. The van der Waals surface area contributed by atoms with E-state index in [2.05, 4.69) is 26.3 Å². The summed E-state index contributed by atoms with van der Waals surface area (Å²) in [5, 5.41) is 21.9. The van der Waals surface area contributed by atoms with Crippen molar-refractivity contribution in [1.29, 1.82) is 0 Å². The van der Waals surface area contributed by atoms with Crippen LogP contribution in [0.4, 0.5) is 0 Å². The van der Waals surface area contributed by atoms with Crippen LogP contribution in [0.3, 0.4) is 0 Å². The molecule has 5 N–H and O–H groups in total. The van der Waals surface area contributed by atoms with Gasteiger partial charge in [-0.25, -0.2) is 0 Å². The summed E-state index contributed by atoms with van der Waals surface area (Å²) in [6.07, 6.45) is 6.53. The van der Waals surface area contributed by atoms with Gasteiger partial charge in [0.15, 0.2) is 6.61 Å². The molecule has 4 amide bonds. The molecule has 1 aromatic heterocycles. The molecule has 5 rings (SSSR count). The van der Waals surface area contributed by atoms with Crippen LogP contribution in [-0.2, 0) is 36.8 Å². The molecule has 280 valence electrons. The fourth-order valence-electron chi connectivity index (χ4n) is 5.81. The summed E-state index contributed by atoms with van der Waals surface area (Å²) in [7, 11) is 0. The second-order valence-electron chi connectivity index (χ2n) is 12.9. The third-order valence-electron chi connectivity index (χ3n) is 8.68. The Morgan fingerprint density at radius 1 is 0.759 bits per heavy atom. The minimum Gasteiger partial charge on any atom is -0.484 e. The van der Waals surface area contributed by atoms with Crippen molar-refractivity contribution in [3.8, 4) is 16.9 Å². The number of thioether (sulfide) groups is 1. The van der Waals surface area contributed by atoms with Crippen LogP contribution in [0.25, 0.3) is 11.1 Å². The lowest BCUT2D eigenvalue weighted by atomic mass is 9.99. The minimum atomic E-state index is -1.23. The van der Waals surface area contributed by atoms with Gasteiger partial charge in [-0.1, -0.05) is 78.4 Å².